The molecule has 2 aliphatic rings. The van der Waals surface area contributed by atoms with Crippen LogP contribution in [-0.2, 0) is 5.54 Å². The number of methoxy groups -OCH3 is 1. The lowest BCUT2D eigenvalue weighted by atomic mass is 9.67. The van der Waals surface area contributed by atoms with Crippen molar-refractivity contribution in [3.63, 3.8) is 0 Å². The van der Waals surface area contributed by atoms with Gasteiger partial charge in [-0.3, -0.25) is 4.79 Å². The molecule has 1 aliphatic carbocycles. The van der Waals surface area contributed by atoms with Gasteiger partial charge in [0.1, 0.15) is 12.1 Å². The SMILES string of the molecule is C=CCOc1ccc(C(=O)N2CC[C@@H]3CC[C@@]32c2nnc(C(C)C)o2)cc1OC. The molecule has 0 unspecified atom stereocenters. The first-order valence-electron chi connectivity index (χ1n) is 10.1. The van der Waals surface area contributed by atoms with Gasteiger partial charge in [0.25, 0.3) is 5.91 Å². The molecule has 2 heterocycles. The lowest BCUT2D eigenvalue weighted by Crippen LogP contribution is -2.54. The number of carbonyl (C=O) groups excluding carboxylic acids is 1. The molecule has 2 aromatic rings. The fraction of sp³-hybridized carbons (Fsp3) is 0.500. The number of rotatable bonds is 7. The van der Waals surface area contributed by atoms with Crippen LogP contribution < -0.4 is 9.47 Å². The van der Waals surface area contributed by atoms with Gasteiger partial charge in [-0.2, -0.15) is 0 Å². The second-order valence-electron chi connectivity index (χ2n) is 7.97. The molecule has 1 aromatic heterocycles. The van der Waals surface area contributed by atoms with E-state index in [4.69, 9.17) is 13.9 Å². The van der Waals surface area contributed by atoms with Crippen molar-refractivity contribution in [2.45, 2.75) is 44.6 Å². The number of nitrogens with zero attached hydrogens (tertiary/aromatic N) is 3. The van der Waals surface area contributed by atoms with Crippen molar-refractivity contribution in [1.82, 2.24) is 15.1 Å². The second-order valence-corrected chi connectivity index (χ2v) is 7.97. The zero-order chi connectivity index (χ0) is 20.6. The van der Waals surface area contributed by atoms with Gasteiger partial charge < -0.3 is 18.8 Å². The molecule has 4 rings (SSSR count). The van der Waals surface area contributed by atoms with Gasteiger partial charge in [-0.05, 0) is 43.4 Å². The molecule has 7 nitrogen and oxygen atoms in total. The molecule has 29 heavy (non-hydrogen) atoms. The highest BCUT2D eigenvalue weighted by Crippen LogP contribution is 2.57. The molecule has 1 aliphatic heterocycles. The van der Waals surface area contributed by atoms with E-state index in [2.05, 4.69) is 16.8 Å². The topological polar surface area (TPSA) is 77.7 Å². The first kappa shape index (κ1) is 19.5. The zero-order valence-corrected chi connectivity index (χ0v) is 17.2. The lowest BCUT2D eigenvalue weighted by molar-refractivity contribution is -0.00374. The number of ether oxygens (including phenoxy) is 2. The maximum Gasteiger partial charge on any atom is 0.254 e. The van der Waals surface area contributed by atoms with Crippen LogP contribution in [0.2, 0.25) is 0 Å². The number of hydrogen-bond donors (Lipinski definition) is 0. The number of aromatic nitrogens is 2. The number of fused-ring (bicyclic) bond motifs is 1. The molecule has 0 bridgehead atoms. The van der Waals surface area contributed by atoms with Crippen molar-refractivity contribution in [1.29, 1.82) is 0 Å². The third-order valence-corrected chi connectivity index (χ3v) is 6.05. The molecule has 0 N–H and O–H groups in total. The van der Waals surface area contributed by atoms with Gasteiger partial charge in [0, 0.05) is 18.0 Å². The predicted octanol–water partition coefficient (Wildman–Crippen LogP) is 3.92. The van der Waals surface area contributed by atoms with E-state index >= 15 is 0 Å². The minimum absolute atomic E-state index is 0.0509. The van der Waals surface area contributed by atoms with E-state index in [0.717, 1.165) is 19.3 Å². The van der Waals surface area contributed by atoms with Gasteiger partial charge in [0.05, 0.1) is 7.11 Å². The van der Waals surface area contributed by atoms with Crippen LogP contribution in [-0.4, -0.2) is 41.3 Å². The number of amides is 1. The summed E-state index contributed by atoms with van der Waals surface area (Å²) < 4.78 is 17.0. The first-order chi connectivity index (χ1) is 14.0. The van der Waals surface area contributed by atoms with Crippen molar-refractivity contribution in [3.8, 4) is 11.5 Å². The lowest BCUT2D eigenvalue weighted by Gasteiger charge is -2.47. The molecule has 2 fully saturated rings. The van der Waals surface area contributed by atoms with Crippen molar-refractivity contribution < 1.29 is 18.7 Å². The largest absolute Gasteiger partial charge is 0.493 e. The molecule has 0 spiro atoms. The van der Waals surface area contributed by atoms with Crippen LogP contribution in [0.1, 0.15) is 61.2 Å². The number of carbonyl (C=O) groups is 1. The summed E-state index contributed by atoms with van der Waals surface area (Å²) in [6.07, 6.45) is 4.53. The fourth-order valence-corrected chi connectivity index (χ4v) is 4.39. The number of hydrogen-bond acceptors (Lipinski definition) is 6. The zero-order valence-electron chi connectivity index (χ0n) is 17.2. The Bertz CT molecular complexity index is 923. The average Bonchev–Trinajstić information content (AvgIpc) is 3.29. The Labute approximate surface area is 170 Å². The van der Waals surface area contributed by atoms with Crippen LogP contribution in [0.3, 0.4) is 0 Å². The Morgan fingerprint density at radius 3 is 2.83 bits per heavy atom. The minimum atomic E-state index is -0.484. The normalized spacial score (nSPS) is 22.9. The molecule has 1 saturated carbocycles. The van der Waals surface area contributed by atoms with E-state index in [1.807, 2.05) is 18.7 Å². The Kier molecular flexibility index (Phi) is 5.06. The predicted molar refractivity (Wildman–Crippen MR) is 107 cm³/mol. The highest BCUT2D eigenvalue weighted by molar-refractivity contribution is 5.95. The Morgan fingerprint density at radius 2 is 2.21 bits per heavy atom. The second kappa shape index (κ2) is 7.54. The molecule has 1 saturated heterocycles. The maximum absolute atomic E-state index is 13.5. The quantitative estimate of drug-likeness (QED) is 0.659. The Balaban J connectivity index is 1.64. The maximum atomic E-state index is 13.5. The number of benzene rings is 1. The summed E-state index contributed by atoms with van der Waals surface area (Å²) in [6, 6.07) is 5.27. The van der Waals surface area contributed by atoms with Gasteiger partial charge in [-0.1, -0.05) is 26.5 Å². The smallest absolute Gasteiger partial charge is 0.254 e. The fourth-order valence-electron chi connectivity index (χ4n) is 4.39. The van der Waals surface area contributed by atoms with Crippen molar-refractivity contribution in [3.05, 3.63) is 48.2 Å². The highest BCUT2D eigenvalue weighted by atomic mass is 16.5. The van der Waals surface area contributed by atoms with Crippen LogP contribution in [0.5, 0.6) is 11.5 Å². The monoisotopic (exact) mass is 397 g/mol. The molecular weight excluding hydrogens is 370 g/mol. The van der Waals surface area contributed by atoms with E-state index in [-0.39, 0.29) is 11.8 Å². The van der Waals surface area contributed by atoms with E-state index in [1.54, 1.807) is 31.4 Å². The molecule has 7 heteroatoms. The standard InChI is InChI=1S/C22H27N3O4/c1-5-12-28-17-7-6-15(13-18(17)27-4)20(26)25-11-9-16-8-10-22(16,25)21-24-23-19(29-21)14(2)3/h5-7,13-14,16H,1,8-12H2,2-4H3/t16-,22-/m0/s1. The molecule has 1 amide bonds. The van der Waals surface area contributed by atoms with E-state index in [9.17, 15) is 4.79 Å². The van der Waals surface area contributed by atoms with Crippen LogP contribution in [0.15, 0.2) is 35.3 Å². The Morgan fingerprint density at radius 1 is 1.38 bits per heavy atom. The third kappa shape index (κ3) is 3.09. The van der Waals surface area contributed by atoms with Crippen molar-refractivity contribution in [2.24, 2.45) is 5.92 Å². The van der Waals surface area contributed by atoms with Crippen LogP contribution >= 0.6 is 0 Å². The summed E-state index contributed by atoms with van der Waals surface area (Å²) in [5, 5.41) is 8.54. The third-order valence-electron chi connectivity index (χ3n) is 6.05. The molecule has 154 valence electrons. The number of likely N-dealkylation sites (tertiary alicyclic amines) is 1. The summed E-state index contributed by atoms with van der Waals surface area (Å²) in [4.78, 5) is 15.4. The van der Waals surface area contributed by atoms with E-state index in [0.29, 0.717) is 47.9 Å². The van der Waals surface area contributed by atoms with Crippen molar-refractivity contribution >= 4 is 5.91 Å². The summed E-state index contributed by atoms with van der Waals surface area (Å²) >= 11 is 0. The molecule has 0 radical (unpaired) electrons. The Hall–Kier alpha value is -2.83. The van der Waals surface area contributed by atoms with Gasteiger partial charge in [0.15, 0.2) is 11.5 Å². The van der Waals surface area contributed by atoms with Gasteiger partial charge in [-0.25, -0.2) is 0 Å². The molecule has 1 aromatic carbocycles. The van der Waals surface area contributed by atoms with Crippen LogP contribution in [0.25, 0.3) is 0 Å². The summed E-state index contributed by atoms with van der Waals surface area (Å²) in [5.41, 5.74) is 0.0750. The summed E-state index contributed by atoms with van der Waals surface area (Å²) in [6.45, 7) is 8.75. The van der Waals surface area contributed by atoms with Crippen LogP contribution in [0.4, 0.5) is 0 Å². The van der Waals surface area contributed by atoms with E-state index < -0.39 is 5.54 Å². The summed E-state index contributed by atoms with van der Waals surface area (Å²) in [5.74, 6) is 2.76. The molecular formula is C22H27N3O4. The van der Waals surface area contributed by atoms with Crippen LogP contribution in [0, 0.1) is 5.92 Å². The minimum Gasteiger partial charge on any atom is -0.493 e. The molecule has 2 atom stereocenters. The summed E-state index contributed by atoms with van der Waals surface area (Å²) in [7, 11) is 1.57. The highest BCUT2D eigenvalue weighted by Gasteiger charge is 2.61. The van der Waals surface area contributed by atoms with Gasteiger partial charge in [-0.15, -0.1) is 10.2 Å². The van der Waals surface area contributed by atoms with E-state index in [1.165, 1.54) is 0 Å². The average molecular weight is 397 g/mol. The van der Waals surface area contributed by atoms with Gasteiger partial charge >= 0.3 is 0 Å². The van der Waals surface area contributed by atoms with Gasteiger partial charge in [0.2, 0.25) is 11.8 Å². The van der Waals surface area contributed by atoms with Crippen molar-refractivity contribution in [2.75, 3.05) is 20.3 Å². The first-order valence-corrected chi connectivity index (χ1v) is 10.1.